The Morgan fingerprint density at radius 3 is 2.69 bits per heavy atom. The molecule has 13 heavy (non-hydrogen) atoms. The van der Waals surface area contributed by atoms with E-state index in [1.165, 1.54) is 12.8 Å². The van der Waals surface area contributed by atoms with Gasteiger partial charge in [0.15, 0.2) is 5.82 Å². The number of unbranched alkanes of at least 4 members (excludes halogenated alkanes) is 1. The zero-order valence-electron chi connectivity index (χ0n) is 8.29. The number of anilines is 1. The fraction of sp³-hybridized carbons (Fsp3) is 0.778. The van der Waals surface area contributed by atoms with Crippen LogP contribution in [0.5, 0.6) is 0 Å². The second kappa shape index (κ2) is 4.84. The standard InChI is InChI=1S/C9H17N3O/c1-7(2)5-3-4-6-8-11-9(10)13-12-8/h7H,3-6H2,1-2H3,(H2,10,11,12). The van der Waals surface area contributed by atoms with Crippen LogP contribution < -0.4 is 5.73 Å². The monoisotopic (exact) mass is 183 g/mol. The summed E-state index contributed by atoms with van der Waals surface area (Å²) in [5.41, 5.74) is 5.29. The van der Waals surface area contributed by atoms with Crippen molar-refractivity contribution >= 4 is 6.01 Å². The molecule has 2 N–H and O–H groups in total. The van der Waals surface area contributed by atoms with Gasteiger partial charge in [0.25, 0.3) is 0 Å². The van der Waals surface area contributed by atoms with Gasteiger partial charge in [-0.2, -0.15) is 4.98 Å². The first-order chi connectivity index (χ1) is 6.18. The highest BCUT2D eigenvalue weighted by molar-refractivity contribution is 5.06. The molecule has 1 aromatic heterocycles. The molecule has 0 radical (unpaired) electrons. The van der Waals surface area contributed by atoms with E-state index < -0.39 is 0 Å². The molecular formula is C9H17N3O. The first-order valence-corrected chi connectivity index (χ1v) is 4.76. The highest BCUT2D eigenvalue weighted by Crippen LogP contribution is 2.09. The smallest absolute Gasteiger partial charge is 0.318 e. The van der Waals surface area contributed by atoms with E-state index in [4.69, 9.17) is 5.73 Å². The number of hydrogen-bond acceptors (Lipinski definition) is 4. The normalized spacial score (nSPS) is 11.0. The molecule has 1 aromatic rings. The average Bonchev–Trinajstić information content (AvgIpc) is 2.45. The van der Waals surface area contributed by atoms with Crippen LogP contribution in [-0.2, 0) is 6.42 Å². The number of nitrogen functional groups attached to an aromatic ring is 1. The predicted molar refractivity (Wildman–Crippen MR) is 51.1 cm³/mol. The number of hydrogen-bond donors (Lipinski definition) is 1. The van der Waals surface area contributed by atoms with Crippen molar-refractivity contribution in [2.45, 2.75) is 39.5 Å². The number of rotatable bonds is 5. The van der Waals surface area contributed by atoms with Gasteiger partial charge in [0.1, 0.15) is 0 Å². The van der Waals surface area contributed by atoms with Crippen LogP contribution >= 0.6 is 0 Å². The minimum Gasteiger partial charge on any atom is -0.351 e. The van der Waals surface area contributed by atoms with Gasteiger partial charge in [-0.05, 0) is 12.3 Å². The van der Waals surface area contributed by atoms with Gasteiger partial charge < -0.3 is 10.3 Å². The summed E-state index contributed by atoms with van der Waals surface area (Å²) in [6.07, 6.45) is 4.45. The van der Waals surface area contributed by atoms with Gasteiger partial charge in [-0.1, -0.05) is 31.8 Å². The lowest BCUT2D eigenvalue weighted by Crippen LogP contribution is -1.92. The second-order valence-corrected chi connectivity index (χ2v) is 3.69. The summed E-state index contributed by atoms with van der Waals surface area (Å²) in [6, 6.07) is 0.166. The molecule has 0 aliphatic heterocycles. The van der Waals surface area contributed by atoms with Crippen LogP contribution in [-0.4, -0.2) is 10.1 Å². The van der Waals surface area contributed by atoms with Crippen molar-refractivity contribution in [2.75, 3.05) is 5.73 Å². The summed E-state index contributed by atoms with van der Waals surface area (Å²) in [5, 5.41) is 3.72. The molecule has 0 amide bonds. The van der Waals surface area contributed by atoms with E-state index in [1.807, 2.05) is 0 Å². The SMILES string of the molecule is CC(C)CCCCc1noc(N)n1. The zero-order chi connectivity index (χ0) is 9.68. The van der Waals surface area contributed by atoms with Gasteiger partial charge in [-0.15, -0.1) is 0 Å². The quantitative estimate of drug-likeness (QED) is 0.709. The lowest BCUT2D eigenvalue weighted by Gasteiger charge is -2.01. The van der Waals surface area contributed by atoms with Crippen LogP contribution in [0.2, 0.25) is 0 Å². The summed E-state index contributed by atoms with van der Waals surface area (Å²) in [6.45, 7) is 4.46. The average molecular weight is 183 g/mol. The van der Waals surface area contributed by atoms with Crippen molar-refractivity contribution in [1.29, 1.82) is 0 Å². The first kappa shape index (κ1) is 10.0. The molecule has 0 atom stereocenters. The summed E-state index contributed by atoms with van der Waals surface area (Å²) in [4.78, 5) is 3.93. The Balaban J connectivity index is 2.13. The van der Waals surface area contributed by atoms with Crippen LogP contribution in [0.25, 0.3) is 0 Å². The van der Waals surface area contributed by atoms with Gasteiger partial charge in [0, 0.05) is 6.42 Å². The predicted octanol–water partition coefficient (Wildman–Crippen LogP) is 2.02. The van der Waals surface area contributed by atoms with E-state index in [9.17, 15) is 0 Å². The van der Waals surface area contributed by atoms with Crippen molar-refractivity contribution in [2.24, 2.45) is 5.92 Å². The molecule has 0 unspecified atom stereocenters. The lowest BCUT2D eigenvalue weighted by atomic mass is 10.1. The lowest BCUT2D eigenvalue weighted by molar-refractivity contribution is 0.424. The summed E-state index contributed by atoms with van der Waals surface area (Å²) < 4.78 is 4.66. The maximum Gasteiger partial charge on any atom is 0.318 e. The molecule has 1 heterocycles. The molecule has 4 heteroatoms. The summed E-state index contributed by atoms with van der Waals surface area (Å²) in [7, 11) is 0. The largest absolute Gasteiger partial charge is 0.351 e. The van der Waals surface area contributed by atoms with E-state index in [-0.39, 0.29) is 6.01 Å². The highest BCUT2D eigenvalue weighted by Gasteiger charge is 2.02. The molecule has 0 aliphatic rings. The maximum absolute atomic E-state index is 5.29. The molecule has 0 aliphatic carbocycles. The van der Waals surface area contributed by atoms with Crippen molar-refractivity contribution in [3.63, 3.8) is 0 Å². The summed E-state index contributed by atoms with van der Waals surface area (Å²) in [5.74, 6) is 1.50. The maximum atomic E-state index is 5.29. The molecule has 0 aromatic carbocycles. The third-order valence-corrected chi connectivity index (χ3v) is 1.92. The Morgan fingerprint density at radius 1 is 1.38 bits per heavy atom. The molecule has 0 spiro atoms. The number of aromatic nitrogens is 2. The van der Waals surface area contributed by atoms with Crippen molar-refractivity contribution in [3.05, 3.63) is 5.82 Å². The third kappa shape index (κ3) is 3.92. The van der Waals surface area contributed by atoms with Gasteiger partial charge in [0.2, 0.25) is 0 Å². The molecule has 74 valence electrons. The van der Waals surface area contributed by atoms with Crippen molar-refractivity contribution < 1.29 is 4.52 Å². The fourth-order valence-corrected chi connectivity index (χ4v) is 1.20. The van der Waals surface area contributed by atoms with Crippen molar-refractivity contribution in [3.8, 4) is 0 Å². The van der Waals surface area contributed by atoms with E-state index in [0.29, 0.717) is 0 Å². The third-order valence-electron chi connectivity index (χ3n) is 1.92. The molecular weight excluding hydrogens is 166 g/mol. The van der Waals surface area contributed by atoms with Crippen LogP contribution in [0.4, 0.5) is 6.01 Å². The second-order valence-electron chi connectivity index (χ2n) is 3.69. The molecule has 0 saturated heterocycles. The Kier molecular flexibility index (Phi) is 3.73. The van der Waals surface area contributed by atoms with Gasteiger partial charge in [-0.3, -0.25) is 0 Å². The molecule has 1 rings (SSSR count). The topological polar surface area (TPSA) is 64.9 Å². The molecule has 0 bridgehead atoms. The van der Waals surface area contributed by atoms with Gasteiger partial charge in [-0.25, -0.2) is 0 Å². The van der Waals surface area contributed by atoms with Crippen LogP contribution in [0, 0.1) is 5.92 Å². The van der Waals surface area contributed by atoms with Crippen LogP contribution in [0.1, 0.15) is 38.9 Å². The minimum absolute atomic E-state index is 0.166. The Morgan fingerprint density at radius 2 is 2.15 bits per heavy atom. The fourth-order valence-electron chi connectivity index (χ4n) is 1.20. The van der Waals surface area contributed by atoms with Gasteiger partial charge >= 0.3 is 6.01 Å². The molecule has 4 nitrogen and oxygen atoms in total. The van der Waals surface area contributed by atoms with Crippen molar-refractivity contribution in [1.82, 2.24) is 10.1 Å². The highest BCUT2D eigenvalue weighted by atomic mass is 16.5. The number of nitrogens with zero attached hydrogens (tertiary/aromatic N) is 2. The van der Waals surface area contributed by atoms with Crippen LogP contribution in [0.15, 0.2) is 4.52 Å². The van der Waals surface area contributed by atoms with E-state index in [0.717, 1.165) is 24.6 Å². The van der Waals surface area contributed by atoms with E-state index in [1.54, 1.807) is 0 Å². The first-order valence-electron chi connectivity index (χ1n) is 4.76. The van der Waals surface area contributed by atoms with E-state index in [2.05, 4.69) is 28.5 Å². The molecule has 0 fully saturated rings. The Labute approximate surface area is 78.5 Å². The number of aryl methyl sites for hydroxylation is 1. The van der Waals surface area contributed by atoms with Gasteiger partial charge in [0.05, 0.1) is 0 Å². The Bertz CT molecular complexity index is 245. The van der Waals surface area contributed by atoms with Crippen LogP contribution in [0.3, 0.4) is 0 Å². The minimum atomic E-state index is 0.166. The summed E-state index contributed by atoms with van der Waals surface area (Å²) >= 11 is 0. The van der Waals surface area contributed by atoms with E-state index >= 15 is 0 Å². The molecule has 0 saturated carbocycles. The Hall–Kier alpha value is -1.06. The number of nitrogens with two attached hydrogens (primary N) is 1. The zero-order valence-corrected chi connectivity index (χ0v) is 8.29.